The van der Waals surface area contributed by atoms with E-state index in [0.29, 0.717) is 28.3 Å². The van der Waals surface area contributed by atoms with Gasteiger partial charge < -0.3 is 10.1 Å². The van der Waals surface area contributed by atoms with Crippen molar-refractivity contribution in [1.82, 2.24) is 25.4 Å². The number of halogens is 4. The molecule has 2 heterocycles. The Morgan fingerprint density at radius 2 is 1.73 bits per heavy atom. The van der Waals surface area contributed by atoms with Crippen LogP contribution >= 0.6 is 0 Å². The third kappa shape index (κ3) is 7.02. The molecule has 44 heavy (non-hydrogen) atoms. The predicted molar refractivity (Wildman–Crippen MR) is 154 cm³/mol. The average molecular weight is 610 g/mol. The number of nitrogens with zero attached hydrogens (tertiary/aromatic N) is 5. The number of aliphatic imine (C=N–C) groups is 1. The maximum Gasteiger partial charge on any atom is 0.573 e. The van der Waals surface area contributed by atoms with Gasteiger partial charge in [-0.05, 0) is 47.4 Å². The molecule has 0 fully saturated rings. The highest BCUT2D eigenvalue weighted by Gasteiger charge is 2.31. The third-order valence-corrected chi connectivity index (χ3v) is 6.65. The number of guanidine groups is 1. The van der Waals surface area contributed by atoms with Gasteiger partial charge >= 0.3 is 12.4 Å². The summed E-state index contributed by atoms with van der Waals surface area (Å²) in [4.78, 5) is 34.9. The monoisotopic (exact) mass is 609 g/mol. The van der Waals surface area contributed by atoms with Crippen molar-refractivity contribution in [1.29, 1.82) is 0 Å². The van der Waals surface area contributed by atoms with Crippen LogP contribution in [-0.4, -0.2) is 52.1 Å². The molecule has 0 saturated heterocycles. The van der Waals surface area contributed by atoms with Crippen LogP contribution in [0.15, 0.2) is 84.1 Å². The molecule has 1 aromatic heterocycles. The molecule has 1 aliphatic rings. The van der Waals surface area contributed by atoms with Crippen LogP contribution in [0.4, 0.5) is 28.0 Å². The first-order valence-electron chi connectivity index (χ1n) is 13.5. The summed E-state index contributed by atoms with van der Waals surface area (Å²) in [6.07, 6.45) is -4.93. The number of carbonyl (C=O) groups excluding carboxylic acids is 2. The quantitative estimate of drug-likeness (QED) is 0.250. The molecule has 0 bridgehead atoms. The van der Waals surface area contributed by atoms with Gasteiger partial charge in [-0.1, -0.05) is 56.3 Å². The first-order valence-corrected chi connectivity index (χ1v) is 13.5. The summed E-state index contributed by atoms with van der Waals surface area (Å²) >= 11 is 0. The fraction of sp³-hybridized carbons (Fsp3) is 0.233. The number of aromatic nitrogens is 3. The number of hydrogen-bond donors (Lipinski definition) is 2. The van der Waals surface area contributed by atoms with E-state index in [4.69, 9.17) is 0 Å². The summed E-state index contributed by atoms with van der Waals surface area (Å²) in [5.74, 6) is -0.137. The van der Waals surface area contributed by atoms with Gasteiger partial charge in [-0.3, -0.25) is 10.1 Å². The topological polar surface area (TPSA) is 114 Å². The zero-order valence-corrected chi connectivity index (χ0v) is 23.5. The minimum Gasteiger partial charge on any atom is -0.406 e. The van der Waals surface area contributed by atoms with Gasteiger partial charge in [0.25, 0.3) is 5.91 Å². The van der Waals surface area contributed by atoms with Gasteiger partial charge in [0, 0.05) is 5.56 Å². The van der Waals surface area contributed by atoms with E-state index < -0.39 is 18.6 Å². The molecule has 4 aromatic rings. The summed E-state index contributed by atoms with van der Waals surface area (Å²) in [7, 11) is 0. The smallest absolute Gasteiger partial charge is 0.406 e. The summed E-state index contributed by atoms with van der Waals surface area (Å²) in [5, 5.41) is 9.36. The lowest BCUT2D eigenvalue weighted by molar-refractivity contribution is -0.274. The number of urea groups is 1. The van der Waals surface area contributed by atoms with Crippen LogP contribution in [0, 0.1) is 0 Å². The highest BCUT2D eigenvalue weighted by Crippen LogP contribution is 2.29. The van der Waals surface area contributed by atoms with E-state index in [9.17, 15) is 27.2 Å². The molecule has 14 heteroatoms. The largest absolute Gasteiger partial charge is 0.573 e. The number of nitrogens with one attached hydrogen (secondary N) is 2. The second-order valence-electron chi connectivity index (χ2n) is 10.1. The molecule has 0 radical (unpaired) electrons. The van der Waals surface area contributed by atoms with Gasteiger partial charge in [0.05, 0.1) is 17.9 Å². The van der Waals surface area contributed by atoms with Crippen LogP contribution in [0.3, 0.4) is 0 Å². The fourth-order valence-corrected chi connectivity index (χ4v) is 4.53. The number of hydrogen-bond acceptors (Lipinski definition) is 6. The number of para-hydroxylation sites is 1. The molecule has 1 aliphatic heterocycles. The van der Waals surface area contributed by atoms with Crippen molar-refractivity contribution < 1.29 is 31.9 Å². The SMILES string of the molecule is CC(C)c1ccccc1N1C(=O)CN=C1NC(=O)NCC(F)c1ccc(-c2ncn(-c3ccc(OC(F)(F)F)cc3)n2)cc1. The molecule has 2 N–H and O–H groups in total. The number of carbonyl (C=O) groups is 2. The first-order chi connectivity index (χ1) is 21.0. The van der Waals surface area contributed by atoms with Crippen molar-refractivity contribution in [2.75, 3.05) is 18.0 Å². The molecule has 5 rings (SSSR count). The van der Waals surface area contributed by atoms with Crippen LogP contribution < -0.4 is 20.3 Å². The zero-order valence-electron chi connectivity index (χ0n) is 23.5. The Bertz CT molecular complexity index is 1670. The van der Waals surface area contributed by atoms with E-state index in [1.165, 1.54) is 40.2 Å². The maximum absolute atomic E-state index is 15.0. The average Bonchev–Trinajstić information content (AvgIpc) is 3.62. The van der Waals surface area contributed by atoms with E-state index in [-0.39, 0.29) is 36.6 Å². The van der Waals surface area contributed by atoms with Gasteiger partial charge in [-0.15, -0.1) is 18.3 Å². The second kappa shape index (κ2) is 12.5. The Hall–Kier alpha value is -5.27. The fourth-order valence-electron chi connectivity index (χ4n) is 4.53. The van der Waals surface area contributed by atoms with Crippen LogP contribution in [0.2, 0.25) is 0 Å². The third-order valence-electron chi connectivity index (χ3n) is 6.65. The van der Waals surface area contributed by atoms with Gasteiger partial charge in [0.1, 0.15) is 24.8 Å². The summed E-state index contributed by atoms with van der Waals surface area (Å²) in [6, 6.07) is 18.1. The number of alkyl halides is 4. The molecule has 10 nitrogen and oxygen atoms in total. The normalized spacial score (nSPS) is 14.0. The standard InChI is InChI=1S/C30H27F4N7O3/c1-18(2)23-5-3-4-6-25(23)41-26(42)16-35-28(41)38-29(43)36-15-24(31)19-7-9-20(10-8-19)27-37-17-40(39-27)21-11-13-22(14-12-21)44-30(32,33)34/h3-14,17-18,24H,15-16H2,1-2H3,(H2,35,36,38,43). The molecular weight excluding hydrogens is 582 g/mol. The van der Waals surface area contributed by atoms with Gasteiger partial charge in [0.2, 0.25) is 5.96 Å². The van der Waals surface area contributed by atoms with E-state index in [2.05, 4.69) is 30.4 Å². The lowest BCUT2D eigenvalue weighted by Gasteiger charge is -2.23. The lowest BCUT2D eigenvalue weighted by Crippen LogP contribution is -2.48. The predicted octanol–water partition coefficient (Wildman–Crippen LogP) is 5.67. The number of rotatable bonds is 8. The summed E-state index contributed by atoms with van der Waals surface area (Å²) < 4.78 is 57.4. The molecule has 1 unspecified atom stereocenters. The number of benzene rings is 3. The summed E-state index contributed by atoms with van der Waals surface area (Å²) in [5.41, 5.74) is 2.88. The molecule has 228 valence electrons. The molecule has 3 aromatic carbocycles. The Kier molecular flexibility index (Phi) is 8.60. The molecule has 0 spiro atoms. The van der Waals surface area contributed by atoms with Gasteiger partial charge in [-0.2, -0.15) is 0 Å². The molecule has 1 atom stereocenters. The van der Waals surface area contributed by atoms with Crippen LogP contribution in [0.1, 0.15) is 37.1 Å². The van der Waals surface area contributed by atoms with E-state index in [1.807, 2.05) is 26.0 Å². The van der Waals surface area contributed by atoms with Gasteiger partial charge in [0.15, 0.2) is 5.82 Å². The van der Waals surface area contributed by atoms with Crippen LogP contribution in [-0.2, 0) is 4.79 Å². The Morgan fingerprint density at radius 1 is 1.02 bits per heavy atom. The van der Waals surface area contributed by atoms with Gasteiger partial charge in [-0.25, -0.2) is 28.7 Å². The lowest BCUT2D eigenvalue weighted by atomic mass is 10.0. The number of ether oxygens (including phenoxy) is 1. The van der Waals surface area contributed by atoms with E-state index in [1.54, 1.807) is 24.3 Å². The number of amides is 3. The van der Waals surface area contributed by atoms with E-state index >= 15 is 0 Å². The Labute approximate surface area is 249 Å². The van der Waals surface area contributed by atoms with Crippen molar-refractivity contribution in [2.45, 2.75) is 32.3 Å². The highest BCUT2D eigenvalue weighted by atomic mass is 19.4. The zero-order chi connectivity index (χ0) is 31.4. The minimum atomic E-state index is -4.79. The Balaban J connectivity index is 1.17. The highest BCUT2D eigenvalue weighted by molar-refractivity contribution is 6.23. The van der Waals surface area contributed by atoms with Crippen molar-refractivity contribution in [3.8, 4) is 22.8 Å². The van der Waals surface area contributed by atoms with Crippen molar-refractivity contribution in [3.05, 3.63) is 90.3 Å². The molecule has 3 amide bonds. The Morgan fingerprint density at radius 3 is 2.41 bits per heavy atom. The van der Waals surface area contributed by atoms with Crippen molar-refractivity contribution in [2.24, 2.45) is 4.99 Å². The van der Waals surface area contributed by atoms with E-state index in [0.717, 1.165) is 17.7 Å². The second-order valence-corrected chi connectivity index (χ2v) is 10.1. The first kappa shape index (κ1) is 30.2. The van der Waals surface area contributed by atoms with Crippen LogP contribution in [0.25, 0.3) is 17.1 Å². The minimum absolute atomic E-state index is 0.0675. The van der Waals surface area contributed by atoms with Crippen molar-refractivity contribution in [3.63, 3.8) is 0 Å². The maximum atomic E-state index is 15.0. The molecule has 0 saturated carbocycles. The van der Waals surface area contributed by atoms with Crippen molar-refractivity contribution >= 4 is 23.6 Å². The van der Waals surface area contributed by atoms with Crippen LogP contribution in [0.5, 0.6) is 5.75 Å². The molecular formula is C30H27F4N7O3. The number of anilines is 1. The molecule has 0 aliphatic carbocycles. The summed E-state index contributed by atoms with van der Waals surface area (Å²) in [6.45, 7) is 3.54.